The van der Waals surface area contributed by atoms with Crippen molar-refractivity contribution in [1.29, 1.82) is 0 Å². The van der Waals surface area contributed by atoms with E-state index < -0.39 is 6.09 Å². The average Bonchev–Trinajstić information content (AvgIpc) is 2.99. The Morgan fingerprint density at radius 2 is 2.00 bits per heavy atom. The molecule has 2 atom stereocenters. The number of cyclic esters (lactones) is 1. The summed E-state index contributed by atoms with van der Waals surface area (Å²) in [6.07, 6.45) is 2.38. The number of nitrogens with one attached hydrogen (secondary N) is 1. The van der Waals surface area contributed by atoms with E-state index in [1.165, 1.54) is 17.4 Å². The SMILES string of the molecule is CC(C)[C@H]1COC(=O)N1c1ncnc(N[C@@H](C)c2cc(Cl)c(Cl)cn2)n1. The summed E-state index contributed by atoms with van der Waals surface area (Å²) in [5.41, 5.74) is 0.682. The molecule has 0 aliphatic carbocycles. The van der Waals surface area contributed by atoms with Crippen molar-refractivity contribution in [3.8, 4) is 0 Å². The summed E-state index contributed by atoms with van der Waals surface area (Å²) in [6.45, 7) is 6.22. The Labute approximate surface area is 160 Å². The highest BCUT2D eigenvalue weighted by atomic mass is 35.5. The molecule has 138 valence electrons. The molecule has 0 saturated carbocycles. The molecule has 3 rings (SSSR count). The zero-order valence-electron chi connectivity index (χ0n) is 14.5. The average molecular weight is 397 g/mol. The van der Waals surface area contributed by atoms with E-state index in [1.54, 1.807) is 6.07 Å². The number of anilines is 2. The second kappa shape index (κ2) is 7.59. The number of halogens is 2. The summed E-state index contributed by atoms with van der Waals surface area (Å²) < 4.78 is 5.14. The van der Waals surface area contributed by atoms with Crippen molar-refractivity contribution in [2.75, 3.05) is 16.8 Å². The molecular formula is C16H18Cl2N6O2. The van der Waals surface area contributed by atoms with E-state index >= 15 is 0 Å². The van der Waals surface area contributed by atoms with Gasteiger partial charge in [0.05, 0.1) is 27.8 Å². The van der Waals surface area contributed by atoms with Gasteiger partial charge in [0.15, 0.2) is 0 Å². The monoisotopic (exact) mass is 396 g/mol. The molecular weight excluding hydrogens is 379 g/mol. The summed E-state index contributed by atoms with van der Waals surface area (Å²) in [5.74, 6) is 0.768. The molecule has 0 radical (unpaired) electrons. The minimum absolute atomic E-state index is 0.119. The fourth-order valence-electron chi connectivity index (χ4n) is 2.56. The number of rotatable bonds is 5. The third-order valence-corrected chi connectivity index (χ3v) is 4.78. The van der Waals surface area contributed by atoms with Gasteiger partial charge in [-0.2, -0.15) is 4.98 Å². The highest BCUT2D eigenvalue weighted by Crippen LogP contribution is 2.26. The van der Waals surface area contributed by atoms with Crippen LogP contribution in [-0.2, 0) is 4.74 Å². The lowest BCUT2D eigenvalue weighted by Crippen LogP contribution is -2.38. The number of aromatic nitrogens is 4. The third kappa shape index (κ3) is 3.81. The highest BCUT2D eigenvalue weighted by molar-refractivity contribution is 6.41. The van der Waals surface area contributed by atoms with Gasteiger partial charge in [0, 0.05) is 6.20 Å². The van der Waals surface area contributed by atoms with Crippen molar-refractivity contribution in [1.82, 2.24) is 19.9 Å². The molecule has 26 heavy (non-hydrogen) atoms. The molecule has 2 aromatic rings. The van der Waals surface area contributed by atoms with Crippen LogP contribution >= 0.6 is 23.2 Å². The van der Waals surface area contributed by atoms with Gasteiger partial charge in [-0.05, 0) is 18.9 Å². The molecule has 1 amide bonds. The maximum Gasteiger partial charge on any atom is 0.417 e. The summed E-state index contributed by atoms with van der Waals surface area (Å²) in [5, 5.41) is 3.93. The van der Waals surface area contributed by atoms with Gasteiger partial charge in [-0.1, -0.05) is 37.0 Å². The minimum Gasteiger partial charge on any atom is -0.447 e. The van der Waals surface area contributed by atoms with Crippen LogP contribution in [0.4, 0.5) is 16.7 Å². The Morgan fingerprint density at radius 1 is 1.23 bits per heavy atom. The maximum absolute atomic E-state index is 12.1. The second-order valence-corrected chi connectivity index (χ2v) is 7.07. The fourth-order valence-corrected chi connectivity index (χ4v) is 2.83. The van der Waals surface area contributed by atoms with Gasteiger partial charge >= 0.3 is 6.09 Å². The van der Waals surface area contributed by atoms with Crippen molar-refractivity contribution >= 4 is 41.2 Å². The topological polar surface area (TPSA) is 93.1 Å². The van der Waals surface area contributed by atoms with E-state index in [1.807, 2.05) is 20.8 Å². The Kier molecular flexibility index (Phi) is 5.43. The number of hydrogen-bond donors (Lipinski definition) is 1. The van der Waals surface area contributed by atoms with Gasteiger partial charge in [-0.15, -0.1) is 0 Å². The number of nitrogens with zero attached hydrogens (tertiary/aromatic N) is 5. The molecule has 10 heteroatoms. The van der Waals surface area contributed by atoms with Gasteiger partial charge in [0.25, 0.3) is 0 Å². The van der Waals surface area contributed by atoms with Gasteiger partial charge < -0.3 is 10.1 Å². The zero-order chi connectivity index (χ0) is 18.8. The molecule has 0 unspecified atom stereocenters. The first-order chi connectivity index (χ1) is 12.4. The van der Waals surface area contributed by atoms with Crippen LogP contribution in [0.1, 0.15) is 32.5 Å². The van der Waals surface area contributed by atoms with Crippen molar-refractivity contribution < 1.29 is 9.53 Å². The van der Waals surface area contributed by atoms with Crippen LogP contribution in [0.2, 0.25) is 10.0 Å². The number of pyridine rings is 1. The van der Waals surface area contributed by atoms with E-state index in [2.05, 4.69) is 25.3 Å². The minimum atomic E-state index is -0.458. The molecule has 1 saturated heterocycles. The molecule has 1 fully saturated rings. The van der Waals surface area contributed by atoms with Crippen molar-refractivity contribution in [3.63, 3.8) is 0 Å². The van der Waals surface area contributed by atoms with Crippen LogP contribution < -0.4 is 10.2 Å². The maximum atomic E-state index is 12.1. The Bertz CT molecular complexity index is 819. The first-order valence-electron chi connectivity index (χ1n) is 8.09. The Balaban J connectivity index is 1.81. The molecule has 3 heterocycles. The predicted octanol–water partition coefficient (Wildman–Crippen LogP) is 3.73. The lowest BCUT2D eigenvalue weighted by atomic mass is 10.1. The van der Waals surface area contributed by atoms with Crippen LogP contribution in [0.3, 0.4) is 0 Å². The molecule has 0 spiro atoms. The van der Waals surface area contributed by atoms with Crippen LogP contribution in [0.25, 0.3) is 0 Å². The lowest BCUT2D eigenvalue weighted by Gasteiger charge is -2.22. The first kappa shape index (κ1) is 18.6. The van der Waals surface area contributed by atoms with Crippen LogP contribution in [0, 0.1) is 5.92 Å². The van der Waals surface area contributed by atoms with E-state index in [4.69, 9.17) is 27.9 Å². The lowest BCUT2D eigenvalue weighted by molar-refractivity contribution is 0.177. The third-order valence-electron chi connectivity index (χ3n) is 4.07. The Morgan fingerprint density at radius 3 is 2.69 bits per heavy atom. The normalized spacial score (nSPS) is 18.2. The molecule has 0 bridgehead atoms. The van der Waals surface area contributed by atoms with Crippen LogP contribution in [0.15, 0.2) is 18.6 Å². The standard InChI is InChI=1S/C16H18Cl2N6O2/c1-8(2)13-6-26-16(25)24(13)15-21-7-20-14(23-15)22-9(3)12-4-10(17)11(18)5-19-12/h4-5,7-9,13H,6H2,1-3H3,(H,20,21,22,23)/t9-,13+/m0/s1. The second-order valence-electron chi connectivity index (χ2n) is 6.26. The number of ether oxygens (including phenoxy) is 1. The quantitative estimate of drug-likeness (QED) is 0.822. The largest absolute Gasteiger partial charge is 0.447 e. The molecule has 8 nitrogen and oxygen atoms in total. The first-order valence-corrected chi connectivity index (χ1v) is 8.85. The molecule has 1 N–H and O–H groups in total. The highest BCUT2D eigenvalue weighted by Gasteiger charge is 2.38. The molecule has 0 aromatic carbocycles. The van der Waals surface area contributed by atoms with Crippen molar-refractivity contribution in [2.45, 2.75) is 32.9 Å². The summed E-state index contributed by atoms with van der Waals surface area (Å²) in [4.78, 5) is 30.3. The van der Waals surface area contributed by atoms with Crippen molar-refractivity contribution in [3.05, 3.63) is 34.3 Å². The van der Waals surface area contributed by atoms with Crippen LogP contribution in [-0.4, -0.2) is 38.7 Å². The number of carbonyl (C=O) groups is 1. The summed E-state index contributed by atoms with van der Waals surface area (Å²) >= 11 is 11.9. The number of carbonyl (C=O) groups excluding carboxylic acids is 1. The van der Waals surface area contributed by atoms with Crippen LogP contribution in [0.5, 0.6) is 0 Å². The smallest absolute Gasteiger partial charge is 0.417 e. The molecule has 1 aliphatic heterocycles. The van der Waals surface area contributed by atoms with E-state index in [0.29, 0.717) is 28.3 Å². The Hall–Kier alpha value is -2.19. The van der Waals surface area contributed by atoms with E-state index in [9.17, 15) is 4.79 Å². The molecule has 2 aromatic heterocycles. The van der Waals surface area contributed by atoms with Crippen molar-refractivity contribution in [2.24, 2.45) is 5.92 Å². The fraction of sp³-hybridized carbons (Fsp3) is 0.438. The van der Waals surface area contributed by atoms with E-state index in [0.717, 1.165) is 0 Å². The van der Waals surface area contributed by atoms with Gasteiger partial charge in [-0.3, -0.25) is 4.98 Å². The summed E-state index contributed by atoms with van der Waals surface area (Å²) in [7, 11) is 0. The molecule has 1 aliphatic rings. The number of hydrogen-bond acceptors (Lipinski definition) is 7. The zero-order valence-corrected chi connectivity index (χ0v) is 16.0. The van der Waals surface area contributed by atoms with E-state index in [-0.39, 0.29) is 23.9 Å². The number of amides is 1. The van der Waals surface area contributed by atoms with Gasteiger partial charge in [0.2, 0.25) is 11.9 Å². The van der Waals surface area contributed by atoms with Gasteiger partial charge in [-0.25, -0.2) is 19.7 Å². The summed E-state index contributed by atoms with van der Waals surface area (Å²) in [6, 6.07) is 1.33. The predicted molar refractivity (Wildman–Crippen MR) is 98.6 cm³/mol. The van der Waals surface area contributed by atoms with Gasteiger partial charge in [0.1, 0.15) is 12.9 Å².